The van der Waals surface area contributed by atoms with Gasteiger partial charge in [-0.2, -0.15) is 0 Å². The highest BCUT2D eigenvalue weighted by Crippen LogP contribution is 2.43. The van der Waals surface area contributed by atoms with Crippen LogP contribution in [0, 0.1) is 5.82 Å². The van der Waals surface area contributed by atoms with Crippen LogP contribution in [-0.4, -0.2) is 42.1 Å². The second-order valence-electron chi connectivity index (χ2n) is 7.81. The maximum absolute atomic E-state index is 15.1. The molecule has 0 spiro atoms. The first kappa shape index (κ1) is 24.5. The van der Waals surface area contributed by atoms with Gasteiger partial charge in [-0.25, -0.2) is 4.39 Å². The monoisotopic (exact) mass is 491 g/mol. The molecule has 1 fully saturated rings. The number of carbonyl (C=O) groups excluding carboxylic acids is 2. The maximum atomic E-state index is 15.1. The molecule has 174 valence electrons. The van der Waals surface area contributed by atoms with Crippen LogP contribution in [0.4, 0.5) is 15.8 Å². The fourth-order valence-electron chi connectivity index (χ4n) is 3.99. The van der Waals surface area contributed by atoms with Crippen LogP contribution >= 0.6 is 23.2 Å². The number of hydrogen-bond acceptors (Lipinski definition) is 5. The number of nitrogens with zero attached hydrogens (tertiary/aromatic N) is 2. The van der Waals surface area contributed by atoms with Crippen molar-refractivity contribution < 1.29 is 14.0 Å². The highest BCUT2D eigenvalue weighted by molar-refractivity contribution is 6.42. The Morgan fingerprint density at radius 2 is 2.06 bits per heavy atom. The van der Waals surface area contributed by atoms with Crippen molar-refractivity contribution in [1.29, 1.82) is 0 Å². The quantitative estimate of drug-likeness (QED) is 0.237. The highest BCUT2D eigenvalue weighted by atomic mass is 35.5. The Balaban J connectivity index is 2.02. The summed E-state index contributed by atoms with van der Waals surface area (Å²) in [6.07, 6.45) is 1.59. The summed E-state index contributed by atoms with van der Waals surface area (Å²) in [4.78, 5) is 29.0. The molecular weight excluding hydrogens is 468 g/mol. The molecule has 33 heavy (non-hydrogen) atoms. The van der Waals surface area contributed by atoms with Crippen molar-refractivity contribution in [2.45, 2.75) is 18.9 Å². The zero-order valence-electron chi connectivity index (χ0n) is 18.0. The number of primary amides is 1. The van der Waals surface area contributed by atoms with E-state index in [0.29, 0.717) is 35.6 Å². The molecule has 1 heterocycles. The van der Waals surface area contributed by atoms with Gasteiger partial charge in [-0.1, -0.05) is 29.8 Å². The van der Waals surface area contributed by atoms with Crippen molar-refractivity contribution in [2.24, 2.45) is 10.7 Å². The van der Waals surface area contributed by atoms with Gasteiger partial charge in [-0.15, -0.1) is 0 Å². The van der Waals surface area contributed by atoms with Crippen LogP contribution in [0.15, 0.2) is 48.0 Å². The van der Waals surface area contributed by atoms with Crippen LogP contribution in [0.25, 0.3) is 0 Å². The van der Waals surface area contributed by atoms with Crippen molar-refractivity contribution in [3.05, 3.63) is 70.0 Å². The number of anilines is 2. The number of amides is 2. The predicted molar refractivity (Wildman–Crippen MR) is 130 cm³/mol. The molecule has 2 aromatic carbocycles. The first-order valence-corrected chi connectivity index (χ1v) is 10.9. The van der Waals surface area contributed by atoms with Crippen LogP contribution < -0.4 is 16.8 Å². The van der Waals surface area contributed by atoms with Gasteiger partial charge >= 0.3 is 0 Å². The van der Waals surface area contributed by atoms with E-state index >= 15 is 4.39 Å². The highest BCUT2D eigenvalue weighted by Gasteiger charge is 2.44. The van der Waals surface area contributed by atoms with E-state index in [9.17, 15) is 9.59 Å². The molecule has 0 radical (unpaired) electrons. The van der Waals surface area contributed by atoms with Crippen molar-refractivity contribution >= 4 is 52.1 Å². The van der Waals surface area contributed by atoms with E-state index in [1.165, 1.54) is 18.2 Å². The van der Waals surface area contributed by atoms with Crippen molar-refractivity contribution in [3.8, 4) is 0 Å². The maximum Gasteiger partial charge on any atom is 0.246 e. The zero-order valence-corrected chi connectivity index (χ0v) is 19.5. The lowest BCUT2D eigenvalue weighted by Gasteiger charge is -2.33. The predicted octanol–water partition coefficient (Wildman–Crippen LogP) is 3.73. The molecule has 3 rings (SSSR count). The number of nitrogens with two attached hydrogens (primary N) is 2. The lowest BCUT2D eigenvalue weighted by Crippen LogP contribution is -2.41. The van der Waals surface area contributed by atoms with E-state index in [4.69, 9.17) is 34.7 Å². The summed E-state index contributed by atoms with van der Waals surface area (Å²) >= 11 is 12.6. The number of rotatable bonds is 7. The fraction of sp³-hybridized carbons (Fsp3) is 0.261. The van der Waals surface area contributed by atoms with Crippen molar-refractivity contribution in [1.82, 2.24) is 4.90 Å². The topological polar surface area (TPSA) is 114 Å². The van der Waals surface area contributed by atoms with Gasteiger partial charge in [0.1, 0.15) is 12.4 Å². The first-order chi connectivity index (χ1) is 15.6. The molecule has 1 aliphatic rings. The van der Waals surface area contributed by atoms with Crippen LogP contribution in [0.1, 0.15) is 24.5 Å². The molecule has 2 amide bonds. The number of carbonyl (C=O) groups is 2. The van der Waals surface area contributed by atoms with E-state index < -0.39 is 17.3 Å². The molecule has 1 aliphatic heterocycles. The Kier molecular flexibility index (Phi) is 7.29. The summed E-state index contributed by atoms with van der Waals surface area (Å²) in [5, 5.41) is 3.63. The van der Waals surface area contributed by atoms with E-state index in [1.54, 1.807) is 30.0 Å². The smallest absolute Gasteiger partial charge is 0.246 e. The van der Waals surface area contributed by atoms with E-state index in [1.807, 2.05) is 0 Å². The minimum Gasteiger partial charge on any atom is -0.398 e. The van der Waals surface area contributed by atoms with Crippen LogP contribution in [0.5, 0.6) is 0 Å². The Bertz CT molecular complexity index is 1150. The third-order valence-electron chi connectivity index (χ3n) is 5.58. The Morgan fingerprint density at radius 3 is 2.70 bits per heavy atom. The number of aliphatic imine (C=N–C) groups is 1. The van der Waals surface area contributed by atoms with E-state index in [-0.39, 0.29) is 34.6 Å². The van der Waals surface area contributed by atoms with Gasteiger partial charge in [0.05, 0.1) is 15.6 Å². The summed E-state index contributed by atoms with van der Waals surface area (Å²) in [5.41, 5.74) is 12.7. The molecular formula is C23H24Cl2FN5O2. The van der Waals surface area contributed by atoms with Gasteiger partial charge in [0.2, 0.25) is 11.8 Å². The number of likely N-dealkylation sites (tertiary alicyclic amines) is 1. The molecule has 7 nitrogen and oxygen atoms in total. The third kappa shape index (κ3) is 5.12. The number of benzene rings is 2. The van der Waals surface area contributed by atoms with Crippen molar-refractivity contribution in [3.63, 3.8) is 0 Å². The van der Waals surface area contributed by atoms with Crippen LogP contribution in [0.3, 0.4) is 0 Å². The molecule has 0 aromatic heterocycles. The SMILES string of the molecule is C=CC(=O)N1CCC(Nc2ccc(C(C)=NCC(N)=O)c(N)c2)(c2c(F)ccc(Cl)c2Cl)C1. The average Bonchev–Trinajstić information content (AvgIpc) is 3.19. The molecule has 0 aliphatic carbocycles. The van der Waals surface area contributed by atoms with Gasteiger partial charge in [0.15, 0.2) is 0 Å². The second kappa shape index (κ2) is 9.80. The zero-order chi connectivity index (χ0) is 24.3. The molecule has 1 saturated heterocycles. The molecule has 0 bridgehead atoms. The summed E-state index contributed by atoms with van der Waals surface area (Å²) < 4.78 is 15.1. The van der Waals surface area contributed by atoms with Crippen LogP contribution in [0.2, 0.25) is 10.0 Å². The molecule has 1 unspecified atom stereocenters. The van der Waals surface area contributed by atoms with Gasteiger partial charge in [-0.3, -0.25) is 14.6 Å². The average molecular weight is 492 g/mol. The van der Waals surface area contributed by atoms with Gasteiger partial charge in [-0.05, 0) is 49.8 Å². The van der Waals surface area contributed by atoms with Gasteiger partial charge in [0.25, 0.3) is 0 Å². The lowest BCUT2D eigenvalue weighted by atomic mass is 9.87. The van der Waals surface area contributed by atoms with E-state index in [0.717, 1.165) is 0 Å². The standard InChI is InChI=1S/C23H24Cl2FN5O2/c1-3-20(33)31-9-8-23(12-31,21-17(26)7-6-16(24)22(21)25)30-14-4-5-15(18(27)10-14)13(2)29-11-19(28)32/h3-7,10,30H,1,8-9,11-12,27H2,2H3,(H2,28,32). The van der Waals surface area contributed by atoms with Gasteiger partial charge < -0.3 is 21.7 Å². The largest absolute Gasteiger partial charge is 0.398 e. The lowest BCUT2D eigenvalue weighted by molar-refractivity contribution is -0.125. The second-order valence-corrected chi connectivity index (χ2v) is 8.59. The Hall–Kier alpha value is -3.10. The van der Waals surface area contributed by atoms with Gasteiger partial charge in [0, 0.05) is 41.3 Å². The van der Waals surface area contributed by atoms with Crippen LogP contribution in [-0.2, 0) is 15.1 Å². The summed E-state index contributed by atoms with van der Waals surface area (Å²) in [6.45, 7) is 5.63. The minimum atomic E-state index is -1.05. The minimum absolute atomic E-state index is 0.0797. The normalized spacial score (nSPS) is 18.3. The third-order valence-corrected chi connectivity index (χ3v) is 6.38. The molecule has 2 aromatic rings. The van der Waals surface area contributed by atoms with E-state index in [2.05, 4.69) is 16.9 Å². The number of nitrogen functional groups attached to an aromatic ring is 1. The summed E-state index contributed by atoms with van der Waals surface area (Å²) in [6, 6.07) is 7.81. The van der Waals surface area contributed by atoms with Crippen molar-refractivity contribution in [2.75, 3.05) is 30.7 Å². The number of halogens is 3. The molecule has 1 atom stereocenters. The number of nitrogens with one attached hydrogen (secondary N) is 1. The molecule has 10 heteroatoms. The summed E-state index contributed by atoms with van der Waals surface area (Å²) in [5.74, 6) is -1.36. The Labute approximate surface area is 201 Å². The Morgan fingerprint density at radius 1 is 1.33 bits per heavy atom. The fourth-order valence-corrected chi connectivity index (χ4v) is 4.48. The molecule has 0 saturated carbocycles. The molecule has 5 N–H and O–H groups in total. The first-order valence-electron chi connectivity index (χ1n) is 10.1. The summed E-state index contributed by atoms with van der Waals surface area (Å²) in [7, 11) is 0. The number of hydrogen-bond donors (Lipinski definition) is 3.